The van der Waals surface area contributed by atoms with Crippen LogP contribution in [-0.4, -0.2) is 17.8 Å². The highest BCUT2D eigenvalue weighted by Crippen LogP contribution is 2.32. The molecule has 2 rings (SSSR count). The lowest BCUT2D eigenvalue weighted by Crippen LogP contribution is -2.15. The van der Waals surface area contributed by atoms with E-state index >= 15 is 0 Å². The molecule has 0 aliphatic rings. The summed E-state index contributed by atoms with van der Waals surface area (Å²) < 4.78 is 6.44. The van der Waals surface area contributed by atoms with Gasteiger partial charge in [0.05, 0.1) is 0 Å². The second-order valence-electron chi connectivity index (χ2n) is 3.86. The minimum atomic E-state index is -0.363. The maximum absolute atomic E-state index is 11.1. The van der Waals surface area contributed by atoms with Crippen molar-refractivity contribution < 1.29 is 9.53 Å². The van der Waals surface area contributed by atoms with Gasteiger partial charge in [-0.2, -0.15) is 0 Å². The minimum absolute atomic E-state index is 0.115. The van der Waals surface area contributed by atoms with Crippen molar-refractivity contribution in [1.29, 1.82) is 0 Å². The van der Waals surface area contributed by atoms with Crippen molar-refractivity contribution in [2.75, 3.05) is 5.75 Å². The molecule has 0 bridgehead atoms. The molecule has 0 aliphatic carbocycles. The fourth-order valence-electron chi connectivity index (χ4n) is 1.57. The summed E-state index contributed by atoms with van der Waals surface area (Å²) >= 11 is 3.45. The van der Waals surface area contributed by atoms with Crippen molar-refractivity contribution >= 4 is 39.2 Å². The topological polar surface area (TPSA) is 26.3 Å². The van der Waals surface area contributed by atoms with Crippen molar-refractivity contribution in [2.45, 2.75) is 17.9 Å². The van der Waals surface area contributed by atoms with Crippen LogP contribution < -0.4 is 0 Å². The Kier molecular flexibility index (Phi) is 4.44. The second-order valence-corrected chi connectivity index (χ2v) is 5.84. The van der Waals surface area contributed by atoms with E-state index in [9.17, 15) is 4.79 Å². The number of carbonyl (C=O) groups is 1. The molecule has 0 saturated heterocycles. The van der Waals surface area contributed by atoms with Crippen molar-refractivity contribution in [3.8, 4) is 0 Å². The lowest BCUT2D eigenvalue weighted by molar-refractivity contribution is -0.141. The molecule has 0 fully saturated rings. The first-order valence-electron chi connectivity index (χ1n) is 5.63. The molecule has 94 valence electrons. The molecule has 1 unspecified atom stereocenters. The summed E-state index contributed by atoms with van der Waals surface area (Å²) in [5.74, 6) is 0.383. The first-order valence-corrected chi connectivity index (χ1v) is 7.49. The monoisotopic (exact) mass is 278 g/mol. The van der Waals surface area contributed by atoms with Gasteiger partial charge in [-0.1, -0.05) is 18.7 Å². The van der Waals surface area contributed by atoms with Gasteiger partial charge in [-0.05, 0) is 29.8 Å². The van der Waals surface area contributed by atoms with Gasteiger partial charge in [0.1, 0.15) is 6.10 Å². The Morgan fingerprint density at radius 1 is 1.56 bits per heavy atom. The molecule has 1 aromatic heterocycles. The number of rotatable bonds is 5. The molecule has 2 aromatic rings. The first-order chi connectivity index (χ1) is 8.70. The van der Waals surface area contributed by atoms with E-state index in [2.05, 4.69) is 36.2 Å². The van der Waals surface area contributed by atoms with Crippen LogP contribution >= 0.6 is 23.1 Å². The summed E-state index contributed by atoms with van der Waals surface area (Å²) in [6.07, 6.45) is 1.08. The molecule has 0 saturated carbocycles. The molecule has 0 amide bonds. The third-order valence-electron chi connectivity index (χ3n) is 2.40. The van der Waals surface area contributed by atoms with Crippen LogP contribution in [0.4, 0.5) is 0 Å². The average Bonchev–Trinajstić information content (AvgIpc) is 2.84. The van der Waals surface area contributed by atoms with E-state index in [1.807, 2.05) is 6.92 Å². The van der Waals surface area contributed by atoms with Gasteiger partial charge in [-0.25, -0.2) is 4.79 Å². The largest absolute Gasteiger partial charge is 0.459 e. The van der Waals surface area contributed by atoms with E-state index in [1.54, 1.807) is 23.1 Å². The molecule has 1 aromatic carbocycles. The maximum Gasteiger partial charge on any atom is 0.330 e. The summed E-state index contributed by atoms with van der Waals surface area (Å²) in [5.41, 5.74) is 0. The fourth-order valence-corrected chi connectivity index (χ4v) is 3.60. The van der Waals surface area contributed by atoms with Gasteiger partial charge in [-0.3, -0.25) is 0 Å². The number of esters is 1. The first kappa shape index (κ1) is 13.2. The molecule has 0 aliphatic heterocycles. The third-order valence-corrected chi connectivity index (χ3v) is 4.78. The number of hydrogen-bond donors (Lipinski definition) is 0. The lowest BCUT2D eigenvalue weighted by Gasteiger charge is -2.11. The van der Waals surface area contributed by atoms with Gasteiger partial charge < -0.3 is 4.74 Å². The highest BCUT2D eigenvalue weighted by molar-refractivity contribution is 7.99. The Morgan fingerprint density at radius 3 is 3.17 bits per heavy atom. The predicted octanol–water partition coefficient (Wildman–Crippen LogP) is 4.11. The number of hydrogen-bond acceptors (Lipinski definition) is 4. The molecular formula is C14H14O2S2. The summed E-state index contributed by atoms with van der Waals surface area (Å²) in [4.78, 5) is 12.3. The number of benzene rings is 1. The Morgan fingerprint density at radius 2 is 2.39 bits per heavy atom. The fraction of sp³-hybridized carbons (Fsp3) is 0.214. The minimum Gasteiger partial charge on any atom is -0.459 e. The van der Waals surface area contributed by atoms with Crippen molar-refractivity contribution in [3.63, 3.8) is 0 Å². The number of thiophene rings is 1. The van der Waals surface area contributed by atoms with E-state index in [1.165, 1.54) is 21.1 Å². The zero-order valence-electron chi connectivity index (χ0n) is 10.1. The van der Waals surface area contributed by atoms with E-state index in [-0.39, 0.29) is 12.1 Å². The molecule has 1 heterocycles. The molecule has 1 atom stereocenters. The number of ether oxygens (including phenoxy) is 1. The summed E-state index contributed by atoms with van der Waals surface area (Å²) in [6, 6.07) is 8.38. The van der Waals surface area contributed by atoms with Gasteiger partial charge in [0, 0.05) is 21.4 Å². The van der Waals surface area contributed by atoms with E-state index < -0.39 is 0 Å². The van der Waals surface area contributed by atoms with Crippen LogP contribution in [0.5, 0.6) is 0 Å². The summed E-state index contributed by atoms with van der Waals surface area (Å²) in [6.45, 7) is 5.28. The smallest absolute Gasteiger partial charge is 0.330 e. The molecular weight excluding hydrogens is 264 g/mol. The van der Waals surface area contributed by atoms with Gasteiger partial charge in [-0.15, -0.1) is 23.1 Å². The SMILES string of the molecule is C=CC(=O)OC(C)CSc1cccc2ccsc12. The molecule has 2 nitrogen and oxygen atoms in total. The van der Waals surface area contributed by atoms with Crippen LogP contribution in [0, 0.1) is 0 Å². The Labute approximate surface area is 115 Å². The Balaban J connectivity index is 1.99. The predicted molar refractivity (Wildman–Crippen MR) is 78.3 cm³/mol. The Hall–Kier alpha value is -1.26. The van der Waals surface area contributed by atoms with E-state index in [4.69, 9.17) is 4.74 Å². The molecule has 0 spiro atoms. The summed E-state index contributed by atoms with van der Waals surface area (Å²) in [7, 11) is 0. The zero-order chi connectivity index (χ0) is 13.0. The third kappa shape index (κ3) is 3.15. The van der Waals surface area contributed by atoms with Gasteiger partial charge in [0.25, 0.3) is 0 Å². The molecule has 0 N–H and O–H groups in total. The van der Waals surface area contributed by atoms with Crippen LogP contribution in [0.15, 0.2) is 47.2 Å². The van der Waals surface area contributed by atoms with Crippen LogP contribution in [0.2, 0.25) is 0 Å². The standard InChI is InChI=1S/C14H14O2S2/c1-3-13(15)16-10(2)9-18-12-6-4-5-11-7-8-17-14(11)12/h3-8,10H,1,9H2,2H3. The van der Waals surface area contributed by atoms with Crippen molar-refractivity contribution in [2.24, 2.45) is 0 Å². The van der Waals surface area contributed by atoms with Crippen molar-refractivity contribution in [1.82, 2.24) is 0 Å². The van der Waals surface area contributed by atoms with Gasteiger partial charge >= 0.3 is 5.97 Å². The second kappa shape index (κ2) is 6.07. The highest BCUT2D eigenvalue weighted by Gasteiger charge is 2.09. The number of fused-ring (bicyclic) bond motifs is 1. The average molecular weight is 278 g/mol. The number of thioether (sulfide) groups is 1. The van der Waals surface area contributed by atoms with Crippen molar-refractivity contribution in [3.05, 3.63) is 42.3 Å². The lowest BCUT2D eigenvalue weighted by atomic mass is 10.3. The molecule has 4 heteroatoms. The normalized spacial score (nSPS) is 12.3. The maximum atomic E-state index is 11.1. The molecule has 0 radical (unpaired) electrons. The van der Waals surface area contributed by atoms with Gasteiger partial charge in [0.2, 0.25) is 0 Å². The van der Waals surface area contributed by atoms with Gasteiger partial charge in [0.15, 0.2) is 0 Å². The Bertz CT molecular complexity index is 560. The number of carbonyl (C=O) groups excluding carboxylic acids is 1. The van der Waals surface area contributed by atoms with Crippen LogP contribution in [0.25, 0.3) is 10.1 Å². The van der Waals surface area contributed by atoms with E-state index in [0.717, 1.165) is 5.75 Å². The summed E-state index contributed by atoms with van der Waals surface area (Å²) in [5, 5.41) is 3.36. The van der Waals surface area contributed by atoms with Crippen LogP contribution in [0.1, 0.15) is 6.92 Å². The van der Waals surface area contributed by atoms with E-state index in [0.29, 0.717) is 0 Å². The zero-order valence-corrected chi connectivity index (χ0v) is 11.7. The highest BCUT2D eigenvalue weighted by atomic mass is 32.2. The van der Waals surface area contributed by atoms with Crippen LogP contribution in [-0.2, 0) is 9.53 Å². The van der Waals surface area contributed by atoms with Crippen LogP contribution in [0.3, 0.4) is 0 Å². The molecule has 18 heavy (non-hydrogen) atoms. The quantitative estimate of drug-likeness (QED) is 0.468.